The van der Waals surface area contributed by atoms with Crippen LogP contribution < -0.4 is 9.64 Å². The van der Waals surface area contributed by atoms with Crippen LogP contribution in [0.2, 0.25) is 10.0 Å². The Morgan fingerprint density at radius 3 is 2.81 bits per heavy atom. The number of fused-ring (bicyclic) bond motifs is 1. The molecule has 0 spiro atoms. The lowest BCUT2D eigenvalue weighted by molar-refractivity contribution is -0.136. The fraction of sp³-hybridized carbons (Fsp3) is 0.273. The number of carboxylic acid groups (broad SMARTS) is 1. The van der Waals surface area contributed by atoms with Crippen LogP contribution in [0.25, 0.3) is 10.2 Å². The fourth-order valence-electron chi connectivity index (χ4n) is 3.51. The lowest BCUT2D eigenvalue weighted by atomic mass is 10.1. The molecule has 2 heterocycles. The molecule has 1 aliphatic rings. The summed E-state index contributed by atoms with van der Waals surface area (Å²) in [6, 6.07) is 10.8. The van der Waals surface area contributed by atoms with E-state index >= 15 is 0 Å². The van der Waals surface area contributed by atoms with Crippen LogP contribution in [-0.2, 0) is 11.2 Å². The van der Waals surface area contributed by atoms with Crippen LogP contribution in [0.4, 0.5) is 5.13 Å². The summed E-state index contributed by atoms with van der Waals surface area (Å²) in [6.07, 6.45) is -0.0896. The lowest BCUT2D eigenvalue weighted by Crippen LogP contribution is -2.45. The van der Waals surface area contributed by atoms with Gasteiger partial charge in [0.25, 0.3) is 0 Å². The van der Waals surface area contributed by atoms with Gasteiger partial charge in [0.15, 0.2) is 5.13 Å². The van der Waals surface area contributed by atoms with Crippen LogP contribution in [0.3, 0.4) is 0 Å². The van der Waals surface area contributed by atoms with Crippen molar-refractivity contribution in [3.63, 3.8) is 0 Å². The first kappa shape index (κ1) is 21.7. The lowest BCUT2D eigenvalue weighted by Gasteiger charge is -2.37. The molecule has 4 rings (SSSR count). The molecule has 0 bridgehead atoms. The van der Waals surface area contributed by atoms with Crippen LogP contribution in [0.15, 0.2) is 48.7 Å². The first-order chi connectivity index (χ1) is 14.9. The standard InChI is InChI=1S/C22H21Cl2N3O3S/c1-14-13-27(22-25-19-3-2-16(23)12-20(19)31-22)5-4-26(14)6-7-30-18-9-15(10-21(28)29)8-17(24)11-18/h2-3,8-9,11-12H,1,4-7,10,13H2,(H,28,29). The Morgan fingerprint density at radius 2 is 2.03 bits per heavy atom. The van der Waals surface area contributed by atoms with E-state index in [1.807, 2.05) is 18.2 Å². The monoisotopic (exact) mass is 477 g/mol. The van der Waals surface area contributed by atoms with E-state index in [9.17, 15) is 4.79 Å². The highest BCUT2D eigenvalue weighted by molar-refractivity contribution is 7.22. The molecule has 31 heavy (non-hydrogen) atoms. The molecule has 0 aliphatic carbocycles. The van der Waals surface area contributed by atoms with E-state index in [0.717, 1.165) is 34.1 Å². The number of rotatable bonds is 7. The molecule has 0 atom stereocenters. The van der Waals surface area contributed by atoms with Gasteiger partial charge in [0, 0.05) is 28.8 Å². The summed E-state index contributed by atoms with van der Waals surface area (Å²) in [5.74, 6) is -0.334. The third-order valence-corrected chi connectivity index (χ3v) is 6.52. The molecule has 1 N–H and O–H groups in total. The van der Waals surface area contributed by atoms with Crippen molar-refractivity contribution in [3.05, 3.63) is 64.3 Å². The molecule has 0 amide bonds. The molecule has 3 aromatic rings. The smallest absolute Gasteiger partial charge is 0.307 e. The van der Waals surface area contributed by atoms with Crippen molar-refractivity contribution in [1.82, 2.24) is 9.88 Å². The Kier molecular flexibility index (Phi) is 6.55. The number of hydrogen-bond acceptors (Lipinski definition) is 6. The molecular formula is C22H21Cl2N3O3S. The minimum Gasteiger partial charge on any atom is -0.492 e. The van der Waals surface area contributed by atoms with Crippen molar-refractivity contribution >= 4 is 55.9 Å². The average molecular weight is 478 g/mol. The predicted molar refractivity (Wildman–Crippen MR) is 126 cm³/mol. The van der Waals surface area contributed by atoms with Gasteiger partial charge in [0.1, 0.15) is 12.4 Å². The van der Waals surface area contributed by atoms with Gasteiger partial charge in [-0.05, 0) is 42.0 Å². The van der Waals surface area contributed by atoms with Crippen LogP contribution in [-0.4, -0.2) is 53.7 Å². The van der Waals surface area contributed by atoms with Gasteiger partial charge in [0.05, 0.1) is 29.7 Å². The number of aromatic nitrogens is 1. The van der Waals surface area contributed by atoms with Crippen molar-refractivity contribution in [2.45, 2.75) is 6.42 Å². The number of nitrogens with zero attached hydrogens (tertiary/aromatic N) is 3. The number of piperazine rings is 1. The second kappa shape index (κ2) is 9.34. The maximum Gasteiger partial charge on any atom is 0.307 e. The number of halogens is 2. The van der Waals surface area contributed by atoms with Gasteiger partial charge in [-0.2, -0.15) is 0 Å². The summed E-state index contributed by atoms with van der Waals surface area (Å²) in [6.45, 7) is 7.72. The number of carboxylic acids is 1. The van der Waals surface area contributed by atoms with E-state index in [2.05, 4.69) is 16.4 Å². The van der Waals surface area contributed by atoms with Crippen molar-refractivity contribution < 1.29 is 14.6 Å². The van der Waals surface area contributed by atoms with E-state index in [0.29, 0.717) is 41.1 Å². The van der Waals surface area contributed by atoms with Gasteiger partial charge >= 0.3 is 5.97 Å². The second-order valence-electron chi connectivity index (χ2n) is 7.30. The molecule has 0 saturated carbocycles. The number of aliphatic carboxylic acids is 1. The third-order valence-electron chi connectivity index (χ3n) is 4.99. The maximum absolute atomic E-state index is 10.9. The minimum absolute atomic E-state index is 0.0896. The number of anilines is 1. The Bertz CT molecular complexity index is 1130. The van der Waals surface area contributed by atoms with Gasteiger partial charge in [-0.3, -0.25) is 4.79 Å². The SMILES string of the molecule is C=C1CN(c2nc3ccc(Cl)cc3s2)CCN1CCOc1cc(Cl)cc(CC(=O)O)c1. The highest BCUT2D eigenvalue weighted by Gasteiger charge is 2.22. The Hall–Kier alpha value is -2.48. The molecule has 1 aromatic heterocycles. The van der Waals surface area contributed by atoms with Crippen LogP contribution in [0.1, 0.15) is 5.56 Å². The second-order valence-corrected chi connectivity index (χ2v) is 9.18. The van der Waals surface area contributed by atoms with E-state index < -0.39 is 5.97 Å². The summed E-state index contributed by atoms with van der Waals surface area (Å²) in [5, 5.41) is 11.1. The highest BCUT2D eigenvalue weighted by atomic mass is 35.5. The third kappa shape index (κ3) is 5.42. The van der Waals surface area contributed by atoms with Gasteiger partial charge < -0.3 is 19.6 Å². The molecule has 1 saturated heterocycles. The van der Waals surface area contributed by atoms with Crippen molar-refractivity contribution in [3.8, 4) is 5.75 Å². The van der Waals surface area contributed by atoms with Crippen LogP contribution in [0, 0.1) is 0 Å². The number of hydrogen-bond donors (Lipinski definition) is 1. The molecule has 0 unspecified atom stereocenters. The maximum atomic E-state index is 10.9. The van der Waals surface area contributed by atoms with E-state index in [1.165, 1.54) is 0 Å². The van der Waals surface area contributed by atoms with Crippen molar-refractivity contribution in [2.75, 3.05) is 37.7 Å². The summed E-state index contributed by atoms with van der Waals surface area (Å²) < 4.78 is 6.90. The quantitative estimate of drug-likeness (QED) is 0.519. The Balaban J connectivity index is 1.32. The molecule has 162 valence electrons. The Morgan fingerprint density at radius 1 is 1.19 bits per heavy atom. The summed E-state index contributed by atoms with van der Waals surface area (Å²) in [5.41, 5.74) is 2.57. The van der Waals surface area contributed by atoms with Crippen molar-refractivity contribution in [2.24, 2.45) is 0 Å². The summed E-state index contributed by atoms with van der Waals surface area (Å²) in [7, 11) is 0. The summed E-state index contributed by atoms with van der Waals surface area (Å²) in [4.78, 5) is 20.1. The molecule has 0 radical (unpaired) electrons. The molecular weight excluding hydrogens is 457 g/mol. The van der Waals surface area contributed by atoms with E-state index in [-0.39, 0.29) is 6.42 Å². The molecule has 2 aromatic carbocycles. The normalized spacial score (nSPS) is 14.3. The molecule has 1 aliphatic heterocycles. The molecule has 6 nitrogen and oxygen atoms in total. The zero-order valence-corrected chi connectivity index (χ0v) is 19.0. The van der Waals surface area contributed by atoms with Gasteiger partial charge in [-0.1, -0.05) is 41.1 Å². The molecule has 1 fully saturated rings. The van der Waals surface area contributed by atoms with Crippen molar-refractivity contribution in [1.29, 1.82) is 0 Å². The average Bonchev–Trinajstić information content (AvgIpc) is 3.11. The van der Waals surface area contributed by atoms with Gasteiger partial charge in [-0.15, -0.1) is 0 Å². The van der Waals surface area contributed by atoms with Gasteiger partial charge in [0.2, 0.25) is 0 Å². The number of ether oxygens (including phenoxy) is 1. The largest absolute Gasteiger partial charge is 0.492 e. The first-order valence-corrected chi connectivity index (χ1v) is 11.3. The highest BCUT2D eigenvalue weighted by Crippen LogP contribution is 2.32. The van der Waals surface area contributed by atoms with Crippen LogP contribution >= 0.6 is 34.5 Å². The Labute approximate surface area is 194 Å². The number of benzene rings is 2. The van der Waals surface area contributed by atoms with E-state index in [1.54, 1.807) is 29.5 Å². The molecule has 9 heteroatoms. The van der Waals surface area contributed by atoms with Crippen LogP contribution in [0.5, 0.6) is 5.75 Å². The van der Waals surface area contributed by atoms with Gasteiger partial charge in [-0.25, -0.2) is 4.98 Å². The number of thiazole rings is 1. The number of carbonyl (C=O) groups is 1. The first-order valence-electron chi connectivity index (χ1n) is 9.75. The fourth-order valence-corrected chi connectivity index (χ4v) is 5.02. The zero-order valence-electron chi connectivity index (χ0n) is 16.7. The zero-order chi connectivity index (χ0) is 22.0. The summed E-state index contributed by atoms with van der Waals surface area (Å²) >= 11 is 13.8. The minimum atomic E-state index is -0.904. The topological polar surface area (TPSA) is 65.9 Å². The van der Waals surface area contributed by atoms with E-state index in [4.69, 9.17) is 38.0 Å². The predicted octanol–water partition coefficient (Wildman–Crippen LogP) is 4.94.